The van der Waals surface area contributed by atoms with E-state index in [1.165, 1.54) is 49.5 Å². The number of rotatable bonds is 9. The highest BCUT2D eigenvalue weighted by atomic mass is 19.4. The Kier molecular flexibility index (Phi) is 8.15. The molecule has 1 saturated carbocycles. The van der Waals surface area contributed by atoms with Gasteiger partial charge in [-0.2, -0.15) is 18.2 Å². The summed E-state index contributed by atoms with van der Waals surface area (Å²) in [6, 6.07) is 10.1. The zero-order valence-electron chi connectivity index (χ0n) is 22.5. The maximum atomic E-state index is 14.8. The molecule has 0 unspecified atom stereocenters. The van der Waals surface area contributed by atoms with Gasteiger partial charge in [-0.25, -0.2) is 8.78 Å². The lowest BCUT2D eigenvalue weighted by atomic mass is 9.83. The molecule has 12 heteroatoms. The quantitative estimate of drug-likeness (QED) is 0.190. The predicted molar refractivity (Wildman–Crippen MR) is 147 cm³/mol. The van der Waals surface area contributed by atoms with Gasteiger partial charge >= 0.3 is 6.18 Å². The number of carbonyl (C=O) groups excluding carboxylic acids is 2. The zero-order chi connectivity index (χ0) is 30.0. The first-order valence-corrected chi connectivity index (χ1v) is 13.4. The lowest BCUT2D eigenvalue weighted by Crippen LogP contribution is -2.28. The third kappa shape index (κ3) is 6.22. The van der Waals surface area contributed by atoms with Crippen LogP contribution in [-0.2, 0) is 0 Å². The van der Waals surface area contributed by atoms with Crippen molar-refractivity contribution in [3.63, 3.8) is 0 Å². The summed E-state index contributed by atoms with van der Waals surface area (Å²) >= 11 is 0. The molecule has 0 bridgehead atoms. The van der Waals surface area contributed by atoms with Crippen LogP contribution in [0.4, 0.5) is 27.8 Å². The number of carbonyl (C=O) groups is 2. The third-order valence-electron chi connectivity index (χ3n) is 7.28. The number of hydrogen-bond acceptors (Lipinski definition) is 5. The van der Waals surface area contributed by atoms with Gasteiger partial charge in [0, 0.05) is 24.7 Å². The first-order chi connectivity index (χ1) is 20.0. The van der Waals surface area contributed by atoms with Gasteiger partial charge in [-0.1, -0.05) is 25.3 Å². The number of alkyl halides is 3. The fourth-order valence-electron chi connectivity index (χ4n) is 4.85. The van der Waals surface area contributed by atoms with Gasteiger partial charge in [0.2, 0.25) is 5.71 Å². The van der Waals surface area contributed by atoms with E-state index in [4.69, 9.17) is 4.42 Å². The lowest BCUT2D eigenvalue weighted by molar-refractivity contribution is -0.115. The molecule has 1 aliphatic rings. The Hall–Kier alpha value is -4.48. The number of fused-ring (bicyclic) bond motifs is 1. The summed E-state index contributed by atoms with van der Waals surface area (Å²) in [6.07, 6.45) is -0.478. The molecule has 220 valence electrons. The Morgan fingerprint density at radius 2 is 1.71 bits per heavy atom. The average Bonchev–Trinajstić information content (AvgIpc) is 3.30. The van der Waals surface area contributed by atoms with Crippen LogP contribution < -0.4 is 16.0 Å². The molecule has 1 fully saturated rings. The van der Waals surface area contributed by atoms with E-state index in [0.717, 1.165) is 31.7 Å². The maximum Gasteiger partial charge on any atom is 0.405 e. The molecule has 2 heterocycles. The van der Waals surface area contributed by atoms with Gasteiger partial charge in [-0.05, 0) is 60.4 Å². The molecular weight excluding hydrogens is 559 g/mol. The Labute approximate surface area is 237 Å². The Balaban J connectivity index is 1.61. The molecule has 4 aromatic rings. The van der Waals surface area contributed by atoms with Crippen molar-refractivity contribution in [3.8, 4) is 22.5 Å². The Bertz CT molecular complexity index is 1630. The van der Waals surface area contributed by atoms with Crippen LogP contribution in [0.2, 0.25) is 0 Å². The SMILES string of the molecule is CNC(=O)c1c(-c2ccc(F)cc2)oc2nc(NCC(F)(F)F)c(-c3ccc(F)c(C(=O)NCCC4CCC4)c3)cc12. The maximum absolute atomic E-state index is 14.8. The van der Waals surface area contributed by atoms with Crippen LogP contribution in [0.3, 0.4) is 0 Å². The predicted octanol–water partition coefficient (Wildman–Crippen LogP) is 6.69. The number of aromatic nitrogens is 1. The van der Waals surface area contributed by atoms with Gasteiger partial charge in [-0.15, -0.1) is 0 Å². The molecule has 0 aliphatic heterocycles. The van der Waals surface area contributed by atoms with E-state index in [0.29, 0.717) is 18.0 Å². The Morgan fingerprint density at radius 3 is 2.36 bits per heavy atom. The largest absolute Gasteiger partial charge is 0.437 e. The van der Waals surface area contributed by atoms with E-state index < -0.39 is 36.2 Å². The molecule has 0 radical (unpaired) electrons. The lowest BCUT2D eigenvalue weighted by Gasteiger charge is -2.25. The molecule has 2 aromatic carbocycles. The smallest absolute Gasteiger partial charge is 0.405 e. The van der Waals surface area contributed by atoms with Crippen LogP contribution in [0.15, 0.2) is 52.9 Å². The number of anilines is 1. The van der Waals surface area contributed by atoms with E-state index in [2.05, 4.69) is 20.9 Å². The summed E-state index contributed by atoms with van der Waals surface area (Å²) in [5.74, 6) is -2.25. The minimum absolute atomic E-state index is 0.0197. The molecule has 0 saturated heterocycles. The van der Waals surface area contributed by atoms with E-state index >= 15 is 0 Å². The van der Waals surface area contributed by atoms with Crippen molar-refractivity contribution in [2.45, 2.75) is 31.9 Å². The Morgan fingerprint density at radius 1 is 1.00 bits per heavy atom. The molecule has 2 amide bonds. The van der Waals surface area contributed by atoms with Crippen molar-refractivity contribution in [1.29, 1.82) is 0 Å². The molecule has 42 heavy (non-hydrogen) atoms. The second-order valence-electron chi connectivity index (χ2n) is 10.1. The van der Waals surface area contributed by atoms with E-state index in [1.807, 2.05) is 0 Å². The highest BCUT2D eigenvalue weighted by Gasteiger charge is 2.29. The number of hydrogen-bond donors (Lipinski definition) is 3. The minimum atomic E-state index is -4.60. The number of halogens is 5. The summed E-state index contributed by atoms with van der Waals surface area (Å²) in [7, 11) is 1.39. The standard InChI is InChI=1S/C30H27F5N4O3/c1-36-28(41)24-22-14-20(18-7-10-23(32)21(13-18)27(40)37-12-11-16-3-2-4-16)26(38-15-30(33,34)35)39-29(22)42-25(24)17-5-8-19(31)9-6-17/h5-10,13-14,16H,2-4,11-12,15H2,1H3,(H,36,41)(H,37,40)(H,38,39). The molecule has 1 aliphatic carbocycles. The van der Waals surface area contributed by atoms with Crippen molar-refractivity contribution in [2.75, 3.05) is 25.5 Å². The number of amides is 2. The van der Waals surface area contributed by atoms with Gasteiger partial charge in [-0.3, -0.25) is 9.59 Å². The summed E-state index contributed by atoms with van der Waals surface area (Å²) in [4.78, 5) is 30.0. The first-order valence-electron chi connectivity index (χ1n) is 13.4. The monoisotopic (exact) mass is 586 g/mol. The van der Waals surface area contributed by atoms with E-state index in [-0.39, 0.29) is 44.9 Å². The summed E-state index contributed by atoms with van der Waals surface area (Å²) < 4.78 is 73.7. The van der Waals surface area contributed by atoms with Crippen molar-refractivity contribution in [2.24, 2.45) is 5.92 Å². The van der Waals surface area contributed by atoms with Crippen molar-refractivity contribution < 1.29 is 36.0 Å². The second-order valence-corrected chi connectivity index (χ2v) is 10.1. The molecule has 2 aromatic heterocycles. The van der Waals surface area contributed by atoms with E-state index in [1.54, 1.807) is 0 Å². The van der Waals surface area contributed by atoms with Crippen molar-refractivity contribution in [1.82, 2.24) is 15.6 Å². The highest BCUT2D eigenvalue weighted by molar-refractivity contribution is 6.11. The summed E-state index contributed by atoms with van der Waals surface area (Å²) in [6.45, 7) is -1.07. The molecule has 7 nitrogen and oxygen atoms in total. The van der Waals surface area contributed by atoms with Gasteiger partial charge in [0.15, 0.2) is 0 Å². The summed E-state index contributed by atoms with van der Waals surface area (Å²) in [5.41, 5.74) is 0.179. The van der Waals surface area contributed by atoms with Crippen molar-refractivity contribution >= 4 is 28.7 Å². The molecule has 0 atom stereocenters. The highest BCUT2D eigenvalue weighted by Crippen LogP contribution is 2.38. The number of pyridine rings is 1. The number of nitrogens with one attached hydrogen (secondary N) is 3. The normalized spacial score (nSPS) is 13.6. The average molecular weight is 587 g/mol. The number of benzene rings is 2. The number of nitrogens with zero attached hydrogens (tertiary/aromatic N) is 1. The molecule has 0 spiro atoms. The van der Waals surface area contributed by atoms with Crippen LogP contribution >= 0.6 is 0 Å². The van der Waals surface area contributed by atoms with E-state index in [9.17, 15) is 31.5 Å². The zero-order valence-corrected chi connectivity index (χ0v) is 22.5. The van der Waals surface area contributed by atoms with Gasteiger partial charge in [0.1, 0.15) is 29.8 Å². The van der Waals surface area contributed by atoms with Crippen LogP contribution in [0, 0.1) is 17.6 Å². The van der Waals surface area contributed by atoms with Crippen LogP contribution in [0.25, 0.3) is 33.6 Å². The van der Waals surface area contributed by atoms with Gasteiger partial charge < -0.3 is 20.4 Å². The molecular formula is C30H27F5N4O3. The molecule has 5 rings (SSSR count). The number of furan rings is 1. The first kappa shape index (κ1) is 29.0. The van der Waals surface area contributed by atoms with Gasteiger partial charge in [0.05, 0.1) is 16.5 Å². The van der Waals surface area contributed by atoms with Crippen LogP contribution in [0.1, 0.15) is 46.4 Å². The van der Waals surface area contributed by atoms with Crippen LogP contribution in [-0.4, -0.2) is 43.1 Å². The fraction of sp³-hybridized carbons (Fsp3) is 0.300. The van der Waals surface area contributed by atoms with Gasteiger partial charge in [0.25, 0.3) is 11.8 Å². The van der Waals surface area contributed by atoms with Crippen molar-refractivity contribution in [3.05, 3.63) is 71.3 Å². The molecule has 3 N–H and O–H groups in total. The minimum Gasteiger partial charge on any atom is -0.437 e. The fourth-order valence-corrected chi connectivity index (χ4v) is 4.85. The third-order valence-corrected chi connectivity index (χ3v) is 7.28. The van der Waals surface area contributed by atoms with Crippen LogP contribution in [0.5, 0.6) is 0 Å². The topological polar surface area (TPSA) is 96.3 Å². The summed E-state index contributed by atoms with van der Waals surface area (Å²) in [5, 5.41) is 7.61. The second kappa shape index (κ2) is 11.8.